The summed E-state index contributed by atoms with van der Waals surface area (Å²) in [6.45, 7) is 1.76. The van der Waals surface area contributed by atoms with E-state index in [1.807, 2.05) is 24.4 Å². The van der Waals surface area contributed by atoms with E-state index in [9.17, 15) is 9.59 Å². The molecule has 2 aromatic heterocycles. The number of amides is 1. The fourth-order valence-corrected chi connectivity index (χ4v) is 3.15. The zero-order chi connectivity index (χ0) is 18.6. The van der Waals surface area contributed by atoms with Crippen LogP contribution in [0.25, 0.3) is 5.69 Å². The molecule has 1 N–H and O–H groups in total. The fraction of sp³-hybridized carbons (Fsp3) is 0.263. The van der Waals surface area contributed by atoms with Gasteiger partial charge in [0.25, 0.3) is 5.56 Å². The van der Waals surface area contributed by atoms with Gasteiger partial charge in [-0.2, -0.15) is 10.2 Å². The summed E-state index contributed by atoms with van der Waals surface area (Å²) in [5.74, 6) is -0.301. The fourth-order valence-electron chi connectivity index (χ4n) is 3.15. The zero-order valence-electron chi connectivity index (χ0n) is 14.8. The maximum absolute atomic E-state index is 12.3. The number of carbonyl (C=O) groups is 1. The van der Waals surface area contributed by atoms with Gasteiger partial charge in [-0.1, -0.05) is 0 Å². The number of carbonyl (C=O) groups excluding carboxylic acids is 1. The van der Waals surface area contributed by atoms with Gasteiger partial charge in [-0.15, -0.1) is 0 Å². The minimum atomic E-state index is -0.301. The molecule has 138 valence electrons. The molecule has 0 atom stereocenters. The highest BCUT2D eigenvalue weighted by Crippen LogP contribution is 2.17. The summed E-state index contributed by atoms with van der Waals surface area (Å²) < 4.78 is 2.91. The highest BCUT2D eigenvalue weighted by atomic mass is 16.2. The van der Waals surface area contributed by atoms with Gasteiger partial charge in [-0.05, 0) is 43.2 Å². The third-order valence-electron chi connectivity index (χ3n) is 4.54. The number of aromatic nitrogens is 4. The Morgan fingerprint density at radius 2 is 1.85 bits per heavy atom. The molecule has 1 amide bonds. The molecule has 8 heteroatoms. The van der Waals surface area contributed by atoms with Crippen molar-refractivity contribution in [2.75, 3.05) is 23.3 Å². The van der Waals surface area contributed by atoms with Gasteiger partial charge in [0.1, 0.15) is 6.54 Å². The normalized spacial score (nSPS) is 13.7. The Bertz CT molecular complexity index is 972. The summed E-state index contributed by atoms with van der Waals surface area (Å²) in [7, 11) is 0. The first kappa shape index (κ1) is 17.0. The van der Waals surface area contributed by atoms with Crippen LogP contribution in [0.5, 0.6) is 0 Å². The molecule has 0 radical (unpaired) electrons. The lowest BCUT2D eigenvalue weighted by atomic mass is 10.3. The van der Waals surface area contributed by atoms with Gasteiger partial charge in [0.2, 0.25) is 5.91 Å². The Labute approximate surface area is 156 Å². The van der Waals surface area contributed by atoms with Gasteiger partial charge in [0, 0.05) is 37.2 Å². The van der Waals surface area contributed by atoms with Crippen molar-refractivity contribution in [2.45, 2.75) is 19.4 Å². The van der Waals surface area contributed by atoms with Crippen molar-refractivity contribution in [1.29, 1.82) is 0 Å². The Balaban J connectivity index is 1.39. The predicted molar refractivity (Wildman–Crippen MR) is 102 cm³/mol. The van der Waals surface area contributed by atoms with E-state index in [2.05, 4.69) is 20.4 Å². The van der Waals surface area contributed by atoms with Crippen LogP contribution in [0.4, 0.5) is 11.4 Å². The second-order valence-corrected chi connectivity index (χ2v) is 6.45. The monoisotopic (exact) mass is 364 g/mol. The van der Waals surface area contributed by atoms with E-state index in [0.29, 0.717) is 5.69 Å². The number of rotatable bonds is 5. The molecule has 0 spiro atoms. The van der Waals surface area contributed by atoms with E-state index in [1.54, 1.807) is 35.3 Å². The van der Waals surface area contributed by atoms with Gasteiger partial charge in [-0.25, -0.2) is 9.36 Å². The molecule has 0 saturated carbocycles. The molecule has 3 heterocycles. The highest BCUT2D eigenvalue weighted by Gasteiger charge is 2.14. The van der Waals surface area contributed by atoms with Crippen LogP contribution in [0, 0.1) is 0 Å². The maximum Gasteiger partial charge on any atom is 0.269 e. The molecule has 1 aliphatic heterocycles. The average molecular weight is 364 g/mol. The Morgan fingerprint density at radius 3 is 2.52 bits per heavy atom. The molecule has 8 nitrogen and oxygen atoms in total. The first-order valence-electron chi connectivity index (χ1n) is 8.91. The topological polar surface area (TPSA) is 85.0 Å². The van der Waals surface area contributed by atoms with Crippen LogP contribution < -0.4 is 15.8 Å². The number of hydrogen-bond donors (Lipinski definition) is 1. The number of nitrogens with zero attached hydrogens (tertiary/aromatic N) is 5. The van der Waals surface area contributed by atoms with Crippen LogP contribution in [0.15, 0.2) is 59.8 Å². The standard InChI is InChI=1S/C19H20N6O2/c26-18(22-15-4-6-16(7-5-15)24-11-3-8-20-24)14-25-19(27)12-17(13-21-25)23-9-1-2-10-23/h3-8,11-13H,1-2,9-10,14H2,(H,22,26). The average Bonchev–Trinajstić information content (AvgIpc) is 3.38. The van der Waals surface area contributed by atoms with Gasteiger partial charge >= 0.3 is 0 Å². The summed E-state index contributed by atoms with van der Waals surface area (Å²) >= 11 is 0. The van der Waals surface area contributed by atoms with Crippen molar-refractivity contribution >= 4 is 17.3 Å². The lowest BCUT2D eigenvalue weighted by Crippen LogP contribution is -2.30. The van der Waals surface area contributed by atoms with E-state index in [-0.39, 0.29) is 18.0 Å². The summed E-state index contributed by atoms with van der Waals surface area (Å²) in [6.07, 6.45) is 7.46. The molecule has 3 aromatic rings. The van der Waals surface area contributed by atoms with Crippen molar-refractivity contribution in [1.82, 2.24) is 19.6 Å². The molecular formula is C19H20N6O2. The van der Waals surface area contributed by atoms with Crippen LogP contribution in [0.2, 0.25) is 0 Å². The molecule has 1 saturated heterocycles. The molecule has 1 fully saturated rings. The van der Waals surface area contributed by atoms with Crippen molar-refractivity contribution in [3.8, 4) is 5.69 Å². The van der Waals surface area contributed by atoms with E-state index in [0.717, 1.165) is 37.3 Å². The third-order valence-corrected chi connectivity index (χ3v) is 4.54. The molecule has 1 aliphatic rings. The molecule has 1 aromatic carbocycles. The first-order chi connectivity index (χ1) is 13.2. The summed E-state index contributed by atoms with van der Waals surface area (Å²) in [5, 5.41) is 11.1. The van der Waals surface area contributed by atoms with Crippen molar-refractivity contribution in [3.63, 3.8) is 0 Å². The van der Waals surface area contributed by atoms with Crippen LogP contribution in [0.3, 0.4) is 0 Å². The number of nitrogens with one attached hydrogen (secondary N) is 1. The van der Waals surface area contributed by atoms with Crippen molar-refractivity contribution in [2.24, 2.45) is 0 Å². The van der Waals surface area contributed by atoms with Crippen LogP contribution >= 0.6 is 0 Å². The molecular weight excluding hydrogens is 344 g/mol. The molecule has 0 bridgehead atoms. The summed E-state index contributed by atoms with van der Waals surface area (Å²) in [6, 6.07) is 10.7. The van der Waals surface area contributed by atoms with E-state index in [1.165, 1.54) is 4.68 Å². The minimum Gasteiger partial charge on any atom is -0.370 e. The largest absolute Gasteiger partial charge is 0.370 e. The number of benzene rings is 1. The predicted octanol–water partition coefficient (Wildman–Crippen LogP) is 1.67. The van der Waals surface area contributed by atoms with Crippen molar-refractivity contribution in [3.05, 3.63) is 65.3 Å². The number of hydrogen-bond acceptors (Lipinski definition) is 5. The molecule has 4 rings (SSSR count). The van der Waals surface area contributed by atoms with Gasteiger partial charge in [0.05, 0.1) is 17.6 Å². The lowest BCUT2D eigenvalue weighted by Gasteiger charge is -2.17. The smallest absolute Gasteiger partial charge is 0.269 e. The van der Waals surface area contributed by atoms with E-state index >= 15 is 0 Å². The molecule has 27 heavy (non-hydrogen) atoms. The second kappa shape index (κ2) is 7.45. The van der Waals surface area contributed by atoms with Gasteiger partial charge < -0.3 is 10.2 Å². The van der Waals surface area contributed by atoms with E-state index < -0.39 is 0 Å². The summed E-state index contributed by atoms with van der Waals surface area (Å²) in [5.41, 5.74) is 2.10. The lowest BCUT2D eigenvalue weighted by molar-refractivity contribution is -0.117. The molecule has 0 unspecified atom stereocenters. The quantitative estimate of drug-likeness (QED) is 0.744. The SMILES string of the molecule is O=C(Cn1ncc(N2CCCC2)cc1=O)Nc1ccc(-n2cccn2)cc1. The van der Waals surface area contributed by atoms with E-state index in [4.69, 9.17) is 0 Å². The Morgan fingerprint density at radius 1 is 1.07 bits per heavy atom. The minimum absolute atomic E-state index is 0.125. The second-order valence-electron chi connectivity index (χ2n) is 6.45. The Kier molecular flexibility index (Phi) is 4.69. The zero-order valence-corrected chi connectivity index (χ0v) is 14.8. The van der Waals surface area contributed by atoms with Crippen LogP contribution in [-0.4, -0.2) is 38.6 Å². The summed E-state index contributed by atoms with van der Waals surface area (Å²) in [4.78, 5) is 26.6. The van der Waals surface area contributed by atoms with Gasteiger partial charge in [0.15, 0.2) is 0 Å². The maximum atomic E-state index is 12.3. The van der Waals surface area contributed by atoms with Crippen molar-refractivity contribution < 1.29 is 4.79 Å². The van der Waals surface area contributed by atoms with Gasteiger partial charge in [-0.3, -0.25) is 9.59 Å². The highest BCUT2D eigenvalue weighted by molar-refractivity contribution is 5.90. The van der Waals surface area contributed by atoms with Crippen LogP contribution in [-0.2, 0) is 11.3 Å². The first-order valence-corrected chi connectivity index (χ1v) is 8.91. The number of anilines is 2. The Hall–Kier alpha value is -3.42. The molecule has 0 aliphatic carbocycles. The third kappa shape index (κ3) is 3.89. The van der Waals surface area contributed by atoms with Crippen LogP contribution in [0.1, 0.15) is 12.8 Å².